The number of anilines is 1. The Morgan fingerprint density at radius 2 is 2.12 bits per heavy atom. The van der Waals surface area contributed by atoms with Crippen LogP contribution in [0.2, 0.25) is 5.02 Å². The van der Waals surface area contributed by atoms with Gasteiger partial charge in [-0.25, -0.2) is 4.98 Å². The molecule has 4 heteroatoms. The van der Waals surface area contributed by atoms with Crippen molar-refractivity contribution >= 4 is 17.3 Å². The fourth-order valence-corrected chi connectivity index (χ4v) is 1.94. The van der Waals surface area contributed by atoms with Crippen LogP contribution in [0.15, 0.2) is 30.6 Å². The number of rotatable bonds is 2. The van der Waals surface area contributed by atoms with Gasteiger partial charge in [0.15, 0.2) is 0 Å². The summed E-state index contributed by atoms with van der Waals surface area (Å²) in [6.07, 6.45) is 3.69. The van der Waals surface area contributed by atoms with Crippen molar-refractivity contribution in [2.75, 3.05) is 5.73 Å². The van der Waals surface area contributed by atoms with E-state index >= 15 is 0 Å². The predicted octanol–water partition coefficient (Wildman–Crippen LogP) is 3.23. The number of nitrogens with two attached hydrogens (primary N) is 1. The molecular weight excluding hydrogens is 222 g/mol. The number of aromatic nitrogens is 2. The number of hydrogen-bond acceptors (Lipinski definition) is 2. The summed E-state index contributed by atoms with van der Waals surface area (Å²) in [6.45, 7) is 4.20. The lowest BCUT2D eigenvalue weighted by Crippen LogP contribution is -2.03. The van der Waals surface area contributed by atoms with Gasteiger partial charge in [-0.3, -0.25) is 0 Å². The minimum atomic E-state index is 0.351. The van der Waals surface area contributed by atoms with Crippen molar-refractivity contribution in [3.63, 3.8) is 0 Å². The molecule has 84 valence electrons. The SMILES string of the molecule is CC(C)c1nccn1-c1ccc(N)cc1Cl. The largest absolute Gasteiger partial charge is 0.399 e. The normalized spacial score (nSPS) is 11.0. The van der Waals surface area contributed by atoms with Crippen molar-refractivity contribution in [3.05, 3.63) is 41.4 Å². The molecule has 0 spiro atoms. The van der Waals surface area contributed by atoms with Gasteiger partial charge in [0.2, 0.25) is 0 Å². The van der Waals surface area contributed by atoms with E-state index < -0.39 is 0 Å². The van der Waals surface area contributed by atoms with E-state index in [9.17, 15) is 0 Å². The zero-order chi connectivity index (χ0) is 11.7. The first kappa shape index (κ1) is 11.0. The number of halogens is 1. The molecule has 0 aliphatic rings. The number of nitrogens with zero attached hydrogens (tertiary/aromatic N) is 2. The average Bonchev–Trinajstić information content (AvgIpc) is 2.66. The quantitative estimate of drug-likeness (QED) is 0.813. The van der Waals surface area contributed by atoms with Crippen LogP contribution < -0.4 is 5.73 Å². The van der Waals surface area contributed by atoms with E-state index in [0.717, 1.165) is 11.5 Å². The van der Waals surface area contributed by atoms with Crippen molar-refractivity contribution in [3.8, 4) is 5.69 Å². The minimum Gasteiger partial charge on any atom is -0.399 e. The van der Waals surface area contributed by atoms with Gasteiger partial charge in [0, 0.05) is 24.0 Å². The summed E-state index contributed by atoms with van der Waals surface area (Å²) in [4.78, 5) is 4.33. The van der Waals surface area contributed by atoms with Gasteiger partial charge in [-0.05, 0) is 18.2 Å². The Labute approximate surface area is 99.9 Å². The molecule has 1 aromatic carbocycles. The Morgan fingerprint density at radius 3 is 2.75 bits per heavy atom. The molecule has 2 aromatic rings. The molecule has 1 heterocycles. The molecule has 1 aromatic heterocycles. The molecule has 0 aliphatic heterocycles. The van der Waals surface area contributed by atoms with Crippen LogP contribution in [0.4, 0.5) is 5.69 Å². The summed E-state index contributed by atoms with van der Waals surface area (Å²) in [5.74, 6) is 1.34. The van der Waals surface area contributed by atoms with Crippen molar-refractivity contribution in [2.24, 2.45) is 0 Å². The molecule has 16 heavy (non-hydrogen) atoms. The van der Waals surface area contributed by atoms with E-state index in [1.807, 2.05) is 22.9 Å². The molecule has 0 amide bonds. The Kier molecular flexibility index (Phi) is 2.88. The van der Waals surface area contributed by atoms with Crippen LogP contribution in [0.1, 0.15) is 25.6 Å². The van der Waals surface area contributed by atoms with E-state index in [1.165, 1.54) is 0 Å². The van der Waals surface area contributed by atoms with E-state index in [2.05, 4.69) is 18.8 Å². The highest BCUT2D eigenvalue weighted by Gasteiger charge is 2.11. The van der Waals surface area contributed by atoms with Gasteiger partial charge >= 0.3 is 0 Å². The third-order valence-electron chi connectivity index (χ3n) is 2.42. The zero-order valence-electron chi connectivity index (χ0n) is 9.31. The molecular formula is C12H14ClN3. The van der Waals surface area contributed by atoms with Gasteiger partial charge in [0.1, 0.15) is 5.82 Å². The molecule has 0 saturated carbocycles. The van der Waals surface area contributed by atoms with Crippen molar-refractivity contribution < 1.29 is 0 Å². The Morgan fingerprint density at radius 1 is 1.38 bits per heavy atom. The molecule has 0 saturated heterocycles. The number of hydrogen-bond donors (Lipinski definition) is 1. The van der Waals surface area contributed by atoms with Gasteiger partial charge in [-0.15, -0.1) is 0 Å². The molecule has 0 atom stereocenters. The highest BCUT2D eigenvalue weighted by Crippen LogP contribution is 2.26. The zero-order valence-corrected chi connectivity index (χ0v) is 10.1. The van der Waals surface area contributed by atoms with Crippen molar-refractivity contribution in [1.29, 1.82) is 0 Å². The summed E-state index contributed by atoms with van der Waals surface area (Å²) < 4.78 is 1.99. The van der Waals surface area contributed by atoms with Gasteiger partial charge < -0.3 is 10.3 Å². The molecule has 2 N–H and O–H groups in total. The van der Waals surface area contributed by atoms with E-state index in [-0.39, 0.29) is 0 Å². The third-order valence-corrected chi connectivity index (χ3v) is 2.72. The number of imidazole rings is 1. The molecule has 0 bridgehead atoms. The minimum absolute atomic E-state index is 0.351. The highest BCUT2D eigenvalue weighted by atomic mass is 35.5. The summed E-state index contributed by atoms with van der Waals surface area (Å²) in [6, 6.07) is 5.50. The van der Waals surface area contributed by atoms with Gasteiger partial charge in [0.25, 0.3) is 0 Å². The average molecular weight is 236 g/mol. The van der Waals surface area contributed by atoms with Gasteiger partial charge in [-0.1, -0.05) is 25.4 Å². The maximum Gasteiger partial charge on any atom is 0.115 e. The maximum absolute atomic E-state index is 6.17. The molecule has 0 unspecified atom stereocenters. The molecule has 0 aliphatic carbocycles. The summed E-state index contributed by atoms with van der Waals surface area (Å²) >= 11 is 6.17. The maximum atomic E-state index is 6.17. The number of nitrogen functional groups attached to an aromatic ring is 1. The first-order valence-corrected chi connectivity index (χ1v) is 5.56. The number of benzene rings is 1. The smallest absolute Gasteiger partial charge is 0.115 e. The Hall–Kier alpha value is -1.48. The highest BCUT2D eigenvalue weighted by molar-refractivity contribution is 6.32. The van der Waals surface area contributed by atoms with Crippen molar-refractivity contribution in [1.82, 2.24) is 9.55 Å². The van der Waals surface area contributed by atoms with E-state index in [4.69, 9.17) is 17.3 Å². The summed E-state index contributed by atoms with van der Waals surface area (Å²) in [5.41, 5.74) is 7.25. The van der Waals surface area contributed by atoms with Crippen LogP contribution in [0.5, 0.6) is 0 Å². The monoisotopic (exact) mass is 235 g/mol. The second-order valence-corrected chi connectivity index (χ2v) is 4.43. The Bertz CT molecular complexity index is 503. The summed E-state index contributed by atoms with van der Waals surface area (Å²) in [7, 11) is 0. The Balaban J connectivity index is 2.54. The molecule has 0 fully saturated rings. The van der Waals surface area contributed by atoms with E-state index in [1.54, 1.807) is 12.3 Å². The molecule has 3 nitrogen and oxygen atoms in total. The van der Waals surface area contributed by atoms with E-state index in [0.29, 0.717) is 16.6 Å². The lowest BCUT2D eigenvalue weighted by atomic mass is 10.2. The van der Waals surface area contributed by atoms with Gasteiger partial charge in [-0.2, -0.15) is 0 Å². The fourth-order valence-electron chi connectivity index (χ4n) is 1.66. The van der Waals surface area contributed by atoms with Crippen LogP contribution in [0.3, 0.4) is 0 Å². The van der Waals surface area contributed by atoms with Gasteiger partial charge in [0.05, 0.1) is 10.7 Å². The molecule has 0 radical (unpaired) electrons. The summed E-state index contributed by atoms with van der Waals surface area (Å²) in [5, 5.41) is 0.639. The second-order valence-electron chi connectivity index (χ2n) is 4.02. The lowest BCUT2D eigenvalue weighted by molar-refractivity contribution is 0.752. The van der Waals surface area contributed by atoms with Crippen LogP contribution in [-0.2, 0) is 0 Å². The lowest BCUT2D eigenvalue weighted by Gasteiger charge is -2.12. The fraction of sp³-hybridized carbons (Fsp3) is 0.250. The van der Waals surface area contributed by atoms with Crippen LogP contribution in [0, 0.1) is 0 Å². The van der Waals surface area contributed by atoms with Crippen LogP contribution >= 0.6 is 11.6 Å². The van der Waals surface area contributed by atoms with Crippen LogP contribution in [-0.4, -0.2) is 9.55 Å². The second kappa shape index (κ2) is 4.18. The third kappa shape index (κ3) is 1.91. The topological polar surface area (TPSA) is 43.8 Å². The predicted molar refractivity (Wildman–Crippen MR) is 67.1 cm³/mol. The van der Waals surface area contributed by atoms with Crippen molar-refractivity contribution in [2.45, 2.75) is 19.8 Å². The van der Waals surface area contributed by atoms with Crippen LogP contribution in [0.25, 0.3) is 5.69 Å². The first-order valence-electron chi connectivity index (χ1n) is 5.18. The molecule has 2 rings (SSSR count). The first-order chi connectivity index (χ1) is 7.59. The standard InChI is InChI=1S/C12H14ClN3/c1-8(2)12-15-5-6-16(12)11-4-3-9(14)7-10(11)13/h3-8H,14H2,1-2H3.